The maximum Gasteiger partial charge on any atom is 0.236 e. The van der Waals surface area contributed by atoms with Crippen LogP contribution < -0.4 is 5.32 Å². The number of hydrogen-bond donors (Lipinski definition) is 1. The van der Waals surface area contributed by atoms with Gasteiger partial charge in [-0.25, -0.2) is 0 Å². The normalized spacial score (nSPS) is 13.6. The van der Waals surface area contributed by atoms with Crippen LogP contribution in [0.25, 0.3) is 0 Å². The number of aromatic nitrogens is 3. The Morgan fingerprint density at radius 1 is 1.53 bits per heavy atom. The van der Waals surface area contributed by atoms with E-state index in [2.05, 4.69) is 20.1 Å². The van der Waals surface area contributed by atoms with E-state index in [4.69, 9.17) is 4.74 Å². The first-order valence-electron chi connectivity index (χ1n) is 6.57. The fraction of sp³-hybridized carbons (Fsp3) is 0.750. The maximum atomic E-state index is 11.9. The average Bonchev–Trinajstić information content (AvgIpc) is 2.99. The van der Waals surface area contributed by atoms with Crippen LogP contribution in [-0.2, 0) is 29.0 Å². The fourth-order valence-corrected chi connectivity index (χ4v) is 2.13. The number of carbonyl (C=O) groups is 1. The van der Waals surface area contributed by atoms with Crippen LogP contribution >= 0.6 is 0 Å². The Hall–Kier alpha value is -1.47. The molecule has 0 fully saturated rings. The number of fused-ring (bicyclic) bond motifs is 1. The molecule has 1 N–H and O–H groups in total. The summed E-state index contributed by atoms with van der Waals surface area (Å²) in [4.78, 5) is 13.6. The third-order valence-electron chi connectivity index (χ3n) is 3.25. The lowest BCUT2D eigenvalue weighted by atomic mass is 10.4. The summed E-state index contributed by atoms with van der Waals surface area (Å²) in [7, 11) is 3.43. The van der Waals surface area contributed by atoms with Crippen LogP contribution in [0.4, 0.5) is 0 Å². The molecule has 1 aromatic rings. The molecule has 0 radical (unpaired) electrons. The number of hydrogen-bond acceptors (Lipinski definition) is 5. The average molecular weight is 267 g/mol. The third kappa shape index (κ3) is 3.51. The highest BCUT2D eigenvalue weighted by Crippen LogP contribution is 2.14. The zero-order valence-electron chi connectivity index (χ0n) is 11.6. The van der Waals surface area contributed by atoms with E-state index in [9.17, 15) is 4.79 Å². The van der Waals surface area contributed by atoms with Crippen molar-refractivity contribution in [3.63, 3.8) is 0 Å². The minimum atomic E-state index is 0.0476. The number of likely N-dealkylation sites (N-methyl/N-ethyl adjacent to an activating group) is 1. The molecule has 1 aliphatic heterocycles. The first-order valence-corrected chi connectivity index (χ1v) is 6.57. The molecule has 7 nitrogen and oxygen atoms in total. The topological polar surface area (TPSA) is 72.3 Å². The first-order chi connectivity index (χ1) is 9.22. The van der Waals surface area contributed by atoms with Gasteiger partial charge < -0.3 is 19.5 Å². The summed E-state index contributed by atoms with van der Waals surface area (Å²) >= 11 is 0. The smallest absolute Gasteiger partial charge is 0.236 e. The second-order valence-corrected chi connectivity index (χ2v) is 4.71. The van der Waals surface area contributed by atoms with Crippen molar-refractivity contribution in [1.82, 2.24) is 25.0 Å². The Morgan fingerprint density at radius 2 is 2.37 bits per heavy atom. The van der Waals surface area contributed by atoms with Crippen LogP contribution in [0.1, 0.15) is 18.1 Å². The number of carbonyl (C=O) groups excluding carboxylic acids is 1. The number of amides is 1. The highest BCUT2D eigenvalue weighted by atomic mass is 16.5. The van der Waals surface area contributed by atoms with Gasteiger partial charge in [0.2, 0.25) is 5.91 Å². The summed E-state index contributed by atoms with van der Waals surface area (Å²) in [6, 6.07) is 0. The number of rotatable bonds is 7. The second-order valence-electron chi connectivity index (χ2n) is 4.71. The van der Waals surface area contributed by atoms with Gasteiger partial charge in [0.15, 0.2) is 5.82 Å². The first kappa shape index (κ1) is 14.0. The summed E-state index contributed by atoms with van der Waals surface area (Å²) in [5.41, 5.74) is 0. The van der Waals surface area contributed by atoms with E-state index in [1.807, 2.05) is 0 Å². The van der Waals surface area contributed by atoms with Gasteiger partial charge in [-0.3, -0.25) is 4.79 Å². The molecular weight excluding hydrogens is 246 g/mol. The molecule has 2 rings (SSSR count). The van der Waals surface area contributed by atoms with Gasteiger partial charge in [-0.15, -0.1) is 10.2 Å². The monoisotopic (exact) mass is 267 g/mol. The SMILES string of the molecule is COCCNCC(=O)N(C)Cc1nnc2n1CCC2. The molecule has 106 valence electrons. The van der Waals surface area contributed by atoms with E-state index in [0.29, 0.717) is 26.2 Å². The Labute approximate surface area is 112 Å². The van der Waals surface area contributed by atoms with Crippen LogP contribution in [-0.4, -0.2) is 59.4 Å². The molecule has 0 saturated heterocycles. The molecule has 0 atom stereocenters. The fourth-order valence-electron chi connectivity index (χ4n) is 2.13. The van der Waals surface area contributed by atoms with Gasteiger partial charge in [0.1, 0.15) is 5.82 Å². The van der Waals surface area contributed by atoms with Gasteiger partial charge >= 0.3 is 0 Å². The Balaban J connectivity index is 1.79. The lowest BCUT2D eigenvalue weighted by molar-refractivity contribution is -0.129. The van der Waals surface area contributed by atoms with E-state index in [1.54, 1.807) is 19.1 Å². The van der Waals surface area contributed by atoms with Gasteiger partial charge in [0, 0.05) is 33.7 Å². The molecule has 0 saturated carbocycles. The number of methoxy groups -OCH3 is 1. The van der Waals surface area contributed by atoms with E-state index < -0.39 is 0 Å². The van der Waals surface area contributed by atoms with Crippen LogP contribution in [0, 0.1) is 0 Å². The predicted octanol–water partition coefficient (Wildman–Crippen LogP) is -0.581. The largest absolute Gasteiger partial charge is 0.383 e. The number of nitrogens with zero attached hydrogens (tertiary/aromatic N) is 4. The highest BCUT2D eigenvalue weighted by Gasteiger charge is 2.19. The summed E-state index contributed by atoms with van der Waals surface area (Å²) in [5, 5.41) is 11.3. The van der Waals surface area contributed by atoms with Gasteiger partial charge in [-0.2, -0.15) is 0 Å². The molecule has 1 aliphatic rings. The summed E-state index contributed by atoms with van der Waals surface area (Å²) in [6.45, 7) is 3.08. The van der Waals surface area contributed by atoms with Crippen molar-refractivity contribution in [1.29, 1.82) is 0 Å². The molecule has 0 aromatic carbocycles. The van der Waals surface area contributed by atoms with Gasteiger partial charge in [-0.1, -0.05) is 0 Å². The molecule has 2 heterocycles. The summed E-state index contributed by atoms with van der Waals surface area (Å²) in [5.74, 6) is 1.96. The van der Waals surface area contributed by atoms with E-state index in [0.717, 1.165) is 31.0 Å². The molecule has 1 amide bonds. The van der Waals surface area contributed by atoms with E-state index >= 15 is 0 Å². The standard InChI is InChI=1S/C12H21N5O2/c1-16(12(18)8-13-5-7-19-2)9-11-15-14-10-4-3-6-17(10)11/h13H,3-9H2,1-2H3. The van der Waals surface area contributed by atoms with Crippen molar-refractivity contribution in [2.24, 2.45) is 0 Å². The van der Waals surface area contributed by atoms with Crippen molar-refractivity contribution in [2.75, 3.05) is 33.9 Å². The summed E-state index contributed by atoms with van der Waals surface area (Å²) < 4.78 is 7.02. The van der Waals surface area contributed by atoms with Crippen LogP contribution in [0.2, 0.25) is 0 Å². The Bertz CT molecular complexity index is 432. The molecule has 0 spiro atoms. The Morgan fingerprint density at radius 3 is 3.16 bits per heavy atom. The van der Waals surface area contributed by atoms with Crippen molar-refractivity contribution in [3.05, 3.63) is 11.6 Å². The van der Waals surface area contributed by atoms with Crippen LogP contribution in [0.3, 0.4) is 0 Å². The predicted molar refractivity (Wildman–Crippen MR) is 69.6 cm³/mol. The van der Waals surface area contributed by atoms with Gasteiger partial charge in [-0.05, 0) is 6.42 Å². The Kier molecular flexibility index (Phi) is 4.86. The second kappa shape index (κ2) is 6.63. The van der Waals surface area contributed by atoms with Crippen molar-refractivity contribution >= 4 is 5.91 Å². The highest BCUT2D eigenvalue weighted by molar-refractivity contribution is 5.77. The van der Waals surface area contributed by atoms with E-state index in [1.165, 1.54) is 0 Å². The molecule has 19 heavy (non-hydrogen) atoms. The van der Waals surface area contributed by atoms with Crippen molar-refractivity contribution in [2.45, 2.75) is 25.9 Å². The molecule has 0 unspecified atom stereocenters. The minimum Gasteiger partial charge on any atom is -0.383 e. The molecule has 0 aliphatic carbocycles. The lowest BCUT2D eigenvalue weighted by Crippen LogP contribution is -2.36. The van der Waals surface area contributed by atoms with Crippen molar-refractivity contribution in [3.8, 4) is 0 Å². The van der Waals surface area contributed by atoms with Gasteiger partial charge in [0.25, 0.3) is 0 Å². The number of aryl methyl sites for hydroxylation is 1. The quantitative estimate of drug-likeness (QED) is 0.669. The lowest BCUT2D eigenvalue weighted by Gasteiger charge is -2.17. The maximum absolute atomic E-state index is 11.9. The molecule has 7 heteroatoms. The molecule has 0 bridgehead atoms. The van der Waals surface area contributed by atoms with Crippen LogP contribution in [0.15, 0.2) is 0 Å². The van der Waals surface area contributed by atoms with Crippen LogP contribution in [0.5, 0.6) is 0 Å². The summed E-state index contributed by atoms with van der Waals surface area (Å²) in [6.07, 6.45) is 2.11. The minimum absolute atomic E-state index is 0.0476. The van der Waals surface area contributed by atoms with E-state index in [-0.39, 0.29) is 5.91 Å². The molecule has 1 aromatic heterocycles. The van der Waals surface area contributed by atoms with Crippen molar-refractivity contribution < 1.29 is 9.53 Å². The number of nitrogens with one attached hydrogen (secondary N) is 1. The zero-order chi connectivity index (χ0) is 13.7. The van der Waals surface area contributed by atoms with Gasteiger partial charge in [0.05, 0.1) is 19.7 Å². The number of ether oxygens (including phenoxy) is 1. The zero-order valence-corrected chi connectivity index (χ0v) is 11.6. The molecular formula is C12H21N5O2. The third-order valence-corrected chi connectivity index (χ3v) is 3.25.